The molecular weight excluding hydrogens is 466 g/mol. The number of amides is 2. The third-order valence-electron chi connectivity index (χ3n) is 5.94. The van der Waals surface area contributed by atoms with Crippen LogP contribution in [0.3, 0.4) is 0 Å². The van der Waals surface area contributed by atoms with Gasteiger partial charge in [0.25, 0.3) is 15.9 Å². The summed E-state index contributed by atoms with van der Waals surface area (Å²) in [5.74, 6) is 0.330. The summed E-state index contributed by atoms with van der Waals surface area (Å²) in [6, 6.07) is 20.1. The summed E-state index contributed by atoms with van der Waals surface area (Å²) >= 11 is 0. The van der Waals surface area contributed by atoms with Crippen LogP contribution in [0.4, 0.5) is 11.4 Å². The molecule has 0 spiro atoms. The molecule has 0 aromatic heterocycles. The molecule has 1 fully saturated rings. The molecule has 1 saturated heterocycles. The number of carbonyl (C=O) groups is 2. The molecule has 0 bridgehead atoms. The van der Waals surface area contributed by atoms with Crippen molar-refractivity contribution in [3.8, 4) is 5.75 Å². The molecule has 0 saturated carbocycles. The zero-order valence-corrected chi connectivity index (χ0v) is 20.4. The second kappa shape index (κ2) is 10.2. The average molecular weight is 494 g/mol. The molecule has 1 N–H and O–H groups in total. The van der Waals surface area contributed by atoms with Gasteiger partial charge in [0.15, 0.2) is 0 Å². The Hall–Kier alpha value is -3.85. The molecule has 0 atom stereocenters. The monoisotopic (exact) mass is 493 g/mol. The normalized spacial score (nSPS) is 13.5. The van der Waals surface area contributed by atoms with Gasteiger partial charge < -0.3 is 15.0 Å². The lowest BCUT2D eigenvalue weighted by atomic mass is 10.1. The van der Waals surface area contributed by atoms with Gasteiger partial charge in [-0.05, 0) is 66.6 Å². The highest BCUT2D eigenvalue weighted by molar-refractivity contribution is 7.92. The highest BCUT2D eigenvalue weighted by Crippen LogP contribution is 2.25. The van der Waals surface area contributed by atoms with Gasteiger partial charge >= 0.3 is 0 Å². The minimum Gasteiger partial charge on any atom is -0.497 e. The van der Waals surface area contributed by atoms with Gasteiger partial charge in [0.2, 0.25) is 5.91 Å². The molecule has 9 heteroatoms. The Morgan fingerprint density at radius 2 is 1.80 bits per heavy atom. The zero-order chi connectivity index (χ0) is 25.0. The lowest BCUT2D eigenvalue weighted by molar-refractivity contribution is -0.117. The van der Waals surface area contributed by atoms with Gasteiger partial charge in [0, 0.05) is 37.8 Å². The fourth-order valence-corrected chi connectivity index (χ4v) is 5.17. The minimum absolute atomic E-state index is 0.0120. The SMILES string of the molecule is COc1ccc(N(C)S(=O)(=O)c2cccc(C(=O)NCc3cccc(N4CCCC4=O)c3)c2)cc1. The zero-order valence-electron chi connectivity index (χ0n) is 19.6. The first-order valence-electron chi connectivity index (χ1n) is 11.2. The highest BCUT2D eigenvalue weighted by Gasteiger charge is 2.23. The fraction of sp³-hybridized carbons (Fsp3) is 0.231. The Kier molecular flexibility index (Phi) is 7.07. The summed E-state index contributed by atoms with van der Waals surface area (Å²) < 4.78 is 32.6. The molecule has 0 unspecified atom stereocenters. The van der Waals surface area contributed by atoms with E-state index in [0.29, 0.717) is 24.4 Å². The molecule has 0 aliphatic carbocycles. The van der Waals surface area contributed by atoms with E-state index in [9.17, 15) is 18.0 Å². The maximum Gasteiger partial charge on any atom is 0.264 e. The Morgan fingerprint density at radius 3 is 2.49 bits per heavy atom. The van der Waals surface area contributed by atoms with E-state index in [0.717, 1.165) is 22.0 Å². The second-order valence-electron chi connectivity index (χ2n) is 8.20. The predicted octanol–water partition coefficient (Wildman–Crippen LogP) is 3.58. The maximum atomic E-state index is 13.2. The number of benzene rings is 3. The average Bonchev–Trinajstić information content (AvgIpc) is 3.33. The lowest BCUT2D eigenvalue weighted by Gasteiger charge is -2.20. The van der Waals surface area contributed by atoms with E-state index in [-0.39, 0.29) is 22.9 Å². The molecular formula is C26H27N3O5S. The van der Waals surface area contributed by atoms with Crippen molar-refractivity contribution in [2.45, 2.75) is 24.3 Å². The summed E-state index contributed by atoms with van der Waals surface area (Å²) in [7, 11) is -0.881. The standard InChI is InChI=1S/C26H27N3O5S/c1-28(21-11-13-23(34-2)14-12-21)35(32,33)24-9-4-7-20(17-24)26(31)27-18-19-6-3-8-22(16-19)29-15-5-10-25(29)30/h3-4,6-9,11-14,16-17H,5,10,15,18H2,1-2H3,(H,27,31). The third-order valence-corrected chi connectivity index (χ3v) is 7.72. The molecule has 1 aliphatic rings. The van der Waals surface area contributed by atoms with Crippen LogP contribution in [-0.4, -0.2) is 40.9 Å². The summed E-state index contributed by atoms with van der Waals surface area (Å²) in [6.45, 7) is 0.943. The highest BCUT2D eigenvalue weighted by atomic mass is 32.2. The summed E-state index contributed by atoms with van der Waals surface area (Å²) in [6.07, 6.45) is 1.39. The van der Waals surface area contributed by atoms with Gasteiger partial charge in [-0.3, -0.25) is 13.9 Å². The number of nitrogens with one attached hydrogen (secondary N) is 1. The third kappa shape index (κ3) is 5.30. The molecule has 4 rings (SSSR count). The number of ether oxygens (including phenoxy) is 1. The van der Waals surface area contributed by atoms with Crippen LogP contribution in [0.25, 0.3) is 0 Å². The largest absolute Gasteiger partial charge is 0.497 e. The van der Waals surface area contributed by atoms with Crippen molar-refractivity contribution in [1.29, 1.82) is 0 Å². The van der Waals surface area contributed by atoms with Crippen molar-refractivity contribution in [2.75, 3.05) is 29.9 Å². The molecule has 182 valence electrons. The van der Waals surface area contributed by atoms with E-state index in [4.69, 9.17) is 4.74 Å². The second-order valence-corrected chi connectivity index (χ2v) is 10.2. The Bertz CT molecular complexity index is 1340. The molecule has 2 amide bonds. The molecule has 1 heterocycles. The number of carbonyl (C=O) groups excluding carboxylic acids is 2. The molecule has 8 nitrogen and oxygen atoms in total. The van der Waals surface area contributed by atoms with E-state index in [1.54, 1.807) is 41.3 Å². The van der Waals surface area contributed by atoms with Crippen molar-refractivity contribution < 1.29 is 22.7 Å². The van der Waals surface area contributed by atoms with Crippen molar-refractivity contribution in [1.82, 2.24) is 5.32 Å². The quantitative estimate of drug-likeness (QED) is 0.518. The molecule has 3 aromatic rings. The van der Waals surface area contributed by atoms with Gasteiger partial charge in [-0.2, -0.15) is 0 Å². The van der Waals surface area contributed by atoms with Crippen LogP contribution >= 0.6 is 0 Å². The van der Waals surface area contributed by atoms with Crippen LogP contribution in [-0.2, 0) is 21.4 Å². The topological polar surface area (TPSA) is 96.0 Å². The first kappa shape index (κ1) is 24.3. The number of anilines is 2. The van der Waals surface area contributed by atoms with E-state index in [1.807, 2.05) is 24.3 Å². The maximum absolute atomic E-state index is 13.2. The van der Waals surface area contributed by atoms with E-state index in [1.165, 1.54) is 26.3 Å². The van der Waals surface area contributed by atoms with Crippen molar-refractivity contribution in [2.24, 2.45) is 0 Å². The molecule has 1 aliphatic heterocycles. The number of methoxy groups -OCH3 is 1. The summed E-state index contributed by atoms with van der Waals surface area (Å²) in [5, 5.41) is 2.83. The van der Waals surface area contributed by atoms with E-state index >= 15 is 0 Å². The van der Waals surface area contributed by atoms with Crippen LogP contribution in [0.2, 0.25) is 0 Å². The van der Waals surface area contributed by atoms with Crippen molar-refractivity contribution in [3.05, 3.63) is 83.9 Å². The molecule has 0 radical (unpaired) electrons. The van der Waals surface area contributed by atoms with Gasteiger partial charge in [-0.25, -0.2) is 8.42 Å². The summed E-state index contributed by atoms with van der Waals surface area (Å²) in [5.41, 5.74) is 2.37. The summed E-state index contributed by atoms with van der Waals surface area (Å²) in [4.78, 5) is 26.6. The molecule has 3 aromatic carbocycles. The van der Waals surface area contributed by atoms with E-state index in [2.05, 4.69) is 5.32 Å². The van der Waals surface area contributed by atoms with Gasteiger partial charge in [0.05, 0.1) is 17.7 Å². The number of nitrogens with zero attached hydrogens (tertiary/aromatic N) is 2. The number of rotatable bonds is 8. The van der Waals surface area contributed by atoms with Crippen LogP contribution in [0, 0.1) is 0 Å². The van der Waals surface area contributed by atoms with Gasteiger partial charge in [-0.15, -0.1) is 0 Å². The Balaban J connectivity index is 1.46. The fourth-order valence-electron chi connectivity index (χ4n) is 3.93. The van der Waals surface area contributed by atoms with Crippen molar-refractivity contribution in [3.63, 3.8) is 0 Å². The predicted molar refractivity (Wildman–Crippen MR) is 134 cm³/mol. The van der Waals surface area contributed by atoms with Gasteiger partial charge in [-0.1, -0.05) is 18.2 Å². The number of hydrogen-bond acceptors (Lipinski definition) is 5. The van der Waals surface area contributed by atoms with Crippen LogP contribution in [0.5, 0.6) is 5.75 Å². The van der Waals surface area contributed by atoms with Crippen LogP contribution in [0.1, 0.15) is 28.8 Å². The van der Waals surface area contributed by atoms with Crippen LogP contribution < -0.4 is 19.3 Å². The number of sulfonamides is 1. The first-order valence-corrected chi connectivity index (χ1v) is 12.6. The molecule has 35 heavy (non-hydrogen) atoms. The van der Waals surface area contributed by atoms with E-state index < -0.39 is 15.9 Å². The lowest BCUT2D eigenvalue weighted by Crippen LogP contribution is -2.27. The first-order chi connectivity index (χ1) is 16.8. The Labute approximate surface area is 205 Å². The van der Waals surface area contributed by atoms with Crippen LogP contribution in [0.15, 0.2) is 77.7 Å². The van der Waals surface area contributed by atoms with Gasteiger partial charge in [0.1, 0.15) is 5.75 Å². The number of hydrogen-bond donors (Lipinski definition) is 1. The minimum atomic E-state index is -3.88. The Morgan fingerprint density at radius 1 is 1.06 bits per heavy atom. The smallest absolute Gasteiger partial charge is 0.264 e. The van der Waals surface area contributed by atoms with Crippen molar-refractivity contribution >= 4 is 33.2 Å².